The number of urea groups is 1. The second-order valence-electron chi connectivity index (χ2n) is 8.98. The zero-order valence-corrected chi connectivity index (χ0v) is 20.0. The van der Waals surface area contributed by atoms with E-state index >= 15 is 0 Å². The van der Waals surface area contributed by atoms with Crippen molar-refractivity contribution in [1.82, 2.24) is 15.3 Å². The largest absolute Gasteiger partial charge is 0.378 e. The maximum atomic E-state index is 13.6. The molecule has 9 heteroatoms. The number of morpholine rings is 1. The molecular formula is C26H32N4O5. The van der Waals surface area contributed by atoms with Crippen molar-refractivity contribution >= 4 is 23.5 Å². The molecule has 2 N–H and O–H groups in total. The number of carbonyl (C=O) groups is 3. The van der Waals surface area contributed by atoms with Crippen molar-refractivity contribution in [2.75, 3.05) is 44.3 Å². The van der Waals surface area contributed by atoms with E-state index in [1.54, 1.807) is 46.5 Å². The van der Waals surface area contributed by atoms with Crippen molar-refractivity contribution < 1.29 is 24.3 Å². The fraction of sp³-hybridized carbons (Fsp3) is 0.423. The Bertz CT molecular complexity index is 1040. The van der Waals surface area contributed by atoms with Gasteiger partial charge in [-0.05, 0) is 54.2 Å². The number of hydroxylamine groups is 1. The Morgan fingerprint density at radius 2 is 1.69 bits per heavy atom. The summed E-state index contributed by atoms with van der Waals surface area (Å²) in [4.78, 5) is 42.4. The molecule has 2 aromatic rings. The van der Waals surface area contributed by atoms with E-state index in [4.69, 9.17) is 9.94 Å². The zero-order valence-electron chi connectivity index (χ0n) is 20.0. The van der Waals surface area contributed by atoms with Crippen LogP contribution in [0.5, 0.6) is 0 Å². The number of likely N-dealkylation sites (tertiary alicyclic amines) is 1. The molecule has 35 heavy (non-hydrogen) atoms. The molecule has 9 nitrogen and oxygen atoms in total. The smallest absolute Gasteiger partial charge is 0.324 e. The van der Waals surface area contributed by atoms with Crippen LogP contribution in [0, 0.1) is 0 Å². The molecule has 0 atom stereocenters. The first kappa shape index (κ1) is 24.7. The summed E-state index contributed by atoms with van der Waals surface area (Å²) in [6.07, 6.45) is 1.80. The quantitative estimate of drug-likeness (QED) is 0.506. The van der Waals surface area contributed by atoms with E-state index in [0.717, 1.165) is 37.2 Å². The summed E-state index contributed by atoms with van der Waals surface area (Å²) in [5.41, 5.74) is 4.81. The number of ether oxygens (including phenoxy) is 1. The lowest BCUT2D eigenvalue weighted by atomic mass is 9.89. The summed E-state index contributed by atoms with van der Waals surface area (Å²) in [5.74, 6) is -0.134. The number of hydrogen-bond acceptors (Lipinski definition) is 5. The van der Waals surface area contributed by atoms with Gasteiger partial charge in [0.2, 0.25) is 5.91 Å². The number of rotatable bonds is 5. The van der Waals surface area contributed by atoms with Crippen molar-refractivity contribution in [3.8, 4) is 0 Å². The number of carbonyl (C=O) groups excluding carboxylic acids is 3. The van der Waals surface area contributed by atoms with Crippen LogP contribution in [0.1, 0.15) is 47.2 Å². The third kappa shape index (κ3) is 5.98. The molecule has 2 aliphatic rings. The third-order valence-electron chi connectivity index (χ3n) is 6.76. The van der Waals surface area contributed by atoms with Gasteiger partial charge in [-0.1, -0.05) is 24.3 Å². The molecule has 0 radical (unpaired) electrons. The molecule has 2 fully saturated rings. The molecule has 0 bridgehead atoms. The van der Waals surface area contributed by atoms with Crippen LogP contribution in [0.2, 0.25) is 0 Å². The highest BCUT2D eigenvalue weighted by molar-refractivity contribution is 5.94. The zero-order chi connectivity index (χ0) is 24.8. The van der Waals surface area contributed by atoms with Crippen LogP contribution in [0.25, 0.3) is 0 Å². The Morgan fingerprint density at radius 3 is 2.31 bits per heavy atom. The van der Waals surface area contributed by atoms with Gasteiger partial charge in [0.25, 0.3) is 5.91 Å². The van der Waals surface area contributed by atoms with E-state index in [1.165, 1.54) is 5.56 Å². The minimum absolute atomic E-state index is 0.0889. The Balaban J connectivity index is 1.57. The summed E-state index contributed by atoms with van der Waals surface area (Å²) in [6.45, 7) is 5.53. The van der Waals surface area contributed by atoms with Crippen molar-refractivity contribution in [3.63, 3.8) is 0 Å². The number of benzene rings is 2. The molecule has 0 spiro atoms. The van der Waals surface area contributed by atoms with Gasteiger partial charge < -0.3 is 14.5 Å². The van der Waals surface area contributed by atoms with Gasteiger partial charge >= 0.3 is 6.03 Å². The Labute approximate surface area is 205 Å². The first-order valence-corrected chi connectivity index (χ1v) is 12.0. The van der Waals surface area contributed by atoms with Gasteiger partial charge in [0.15, 0.2) is 0 Å². The minimum Gasteiger partial charge on any atom is -0.378 e. The van der Waals surface area contributed by atoms with E-state index in [0.29, 0.717) is 44.3 Å². The summed E-state index contributed by atoms with van der Waals surface area (Å²) < 4.78 is 5.43. The minimum atomic E-state index is -0.582. The van der Waals surface area contributed by atoms with Gasteiger partial charge in [-0.15, -0.1) is 0 Å². The Hall–Kier alpha value is -3.43. The van der Waals surface area contributed by atoms with Gasteiger partial charge in [-0.3, -0.25) is 19.7 Å². The van der Waals surface area contributed by atoms with Crippen molar-refractivity contribution in [2.24, 2.45) is 0 Å². The number of nitrogens with one attached hydrogen (secondary N) is 1. The monoisotopic (exact) mass is 480 g/mol. The van der Waals surface area contributed by atoms with Crippen molar-refractivity contribution in [2.45, 2.75) is 32.2 Å². The topological polar surface area (TPSA) is 102 Å². The number of piperidine rings is 1. The van der Waals surface area contributed by atoms with Crippen molar-refractivity contribution in [3.05, 3.63) is 65.2 Å². The number of anilines is 1. The fourth-order valence-electron chi connectivity index (χ4n) is 4.68. The molecular weight excluding hydrogens is 448 g/mol. The van der Waals surface area contributed by atoms with Crippen LogP contribution < -0.4 is 10.4 Å². The first-order chi connectivity index (χ1) is 17.0. The van der Waals surface area contributed by atoms with Gasteiger partial charge in [-0.25, -0.2) is 10.3 Å². The summed E-state index contributed by atoms with van der Waals surface area (Å²) in [6, 6.07) is 14.8. The van der Waals surface area contributed by atoms with Gasteiger partial charge in [0.05, 0.1) is 19.8 Å². The molecule has 2 saturated heterocycles. The fourth-order valence-corrected chi connectivity index (χ4v) is 4.68. The second kappa shape index (κ2) is 11.3. The molecule has 4 rings (SSSR count). The molecule has 2 aliphatic heterocycles. The lowest BCUT2D eigenvalue weighted by Crippen LogP contribution is -2.48. The van der Waals surface area contributed by atoms with E-state index in [-0.39, 0.29) is 11.9 Å². The van der Waals surface area contributed by atoms with Crippen molar-refractivity contribution in [1.29, 1.82) is 0 Å². The number of nitrogens with zero attached hydrogens (tertiary/aromatic N) is 3. The first-order valence-electron chi connectivity index (χ1n) is 12.0. The maximum absolute atomic E-state index is 13.6. The average molecular weight is 481 g/mol. The van der Waals surface area contributed by atoms with Crippen LogP contribution in [0.4, 0.5) is 10.5 Å². The number of hydrogen-bond donors (Lipinski definition) is 2. The molecule has 186 valence electrons. The summed E-state index contributed by atoms with van der Waals surface area (Å²) in [7, 11) is 0. The SMILES string of the molecule is CC(=O)N1CCC(c2cccc(N(Cc3ccc(C(=O)NO)cc3)C(=O)N3CCOCC3)c2)CC1. The van der Waals surface area contributed by atoms with E-state index in [2.05, 4.69) is 12.1 Å². The number of amides is 4. The van der Waals surface area contributed by atoms with E-state index < -0.39 is 5.91 Å². The highest BCUT2D eigenvalue weighted by Gasteiger charge is 2.26. The van der Waals surface area contributed by atoms with Crippen LogP contribution in [-0.2, 0) is 16.1 Å². The van der Waals surface area contributed by atoms with Gasteiger partial charge in [0.1, 0.15) is 0 Å². The van der Waals surface area contributed by atoms with Crippen LogP contribution >= 0.6 is 0 Å². The van der Waals surface area contributed by atoms with Gasteiger partial charge in [-0.2, -0.15) is 0 Å². The lowest BCUT2D eigenvalue weighted by molar-refractivity contribution is -0.129. The lowest BCUT2D eigenvalue weighted by Gasteiger charge is -2.34. The molecule has 2 heterocycles. The molecule has 0 saturated carbocycles. The molecule has 2 aromatic carbocycles. The van der Waals surface area contributed by atoms with Crippen LogP contribution in [0.3, 0.4) is 0 Å². The Morgan fingerprint density at radius 1 is 1.00 bits per heavy atom. The molecule has 4 amide bonds. The summed E-state index contributed by atoms with van der Waals surface area (Å²) in [5, 5.41) is 8.86. The normalized spacial score (nSPS) is 16.6. The molecule has 0 unspecified atom stereocenters. The summed E-state index contributed by atoms with van der Waals surface area (Å²) >= 11 is 0. The van der Waals surface area contributed by atoms with E-state index in [9.17, 15) is 14.4 Å². The molecule has 0 aromatic heterocycles. The predicted molar refractivity (Wildman–Crippen MR) is 130 cm³/mol. The molecule has 0 aliphatic carbocycles. The maximum Gasteiger partial charge on any atom is 0.324 e. The third-order valence-corrected chi connectivity index (χ3v) is 6.76. The van der Waals surface area contributed by atoms with Crippen LogP contribution in [-0.4, -0.2) is 72.2 Å². The predicted octanol–water partition coefficient (Wildman–Crippen LogP) is 2.99. The van der Waals surface area contributed by atoms with Gasteiger partial charge in [0, 0.05) is 44.4 Å². The highest BCUT2D eigenvalue weighted by atomic mass is 16.5. The Kier molecular flexibility index (Phi) is 7.99. The standard InChI is InChI=1S/C26H32N4O5/c1-19(31)28-11-9-21(10-12-28)23-3-2-4-24(17-23)30(26(33)29-13-15-35-16-14-29)18-20-5-7-22(8-6-20)25(32)27-34/h2-8,17,21,34H,9-16,18H2,1H3,(H,27,32). The van der Waals surface area contributed by atoms with E-state index in [1.807, 2.05) is 17.0 Å². The second-order valence-corrected chi connectivity index (χ2v) is 8.98. The average Bonchev–Trinajstić information content (AvgIpc) is 2.92. The highest BCUT2D eigenvalue weighted by Crippen LogP contribution is 2.31. The van der Waals surface area contributed by atoms with Crippen LogP contribution in [0.15, 0.2) is 48.5 Å².